The Labute approximate surface area is 125 Å². The van der Waals surface area contributed by atoms with E-state index in [0.717, 1.165) is 17.5 Å². The molecular formula is C17H21NO3. The molecule has 0 atom stereocenters. The molecule has 1 aromatic carbocycles. The Morgan fingerprint density at radius 1 is 1.29 bits per heavy atom. The van der Waals surface area contributed by atoms with Gasteiger partial charge in [0.05, 0.1) is 12.3 Å². The van der Waals surface area contributed by atoms with Crippen LogP contribution >= 0.6 is 0 Å². The van der Waals surface area contributed by atoms with Gasteiger partial charge >= 0.3 is 5.97 Å². The van der Waals surface area contributed by atoms with Crippen molar-refractivity contribution in [1.29, 1.82) is 0 Å². The lowest BCUT2D eigenvalue weighted by atomic mass is 10.1. The molecule has 0 saturated heterocycles. The van der Waals surface area contributed by atoms with Crippen LogP contribution in [0.2, 0.25) is 0 Å². The minimum absolute atomic E-state index is 0.0932. The predicted octanol–water partition coefficient (Wildman–Crippen LogP) is 4.20. The second-order valence-electron chi connectivity index (χ2n) is 5.12. The molecule has 2 rings (SSSR count). The third kappa shape index (κ3) is 3.15. The number of esters is 1. The maximum absolute atomic E-state index is 12.0. The number of carbonyl (C=O) groups excluding carboxylic acids is 1. The number of oxazole rings is 1. The van der Waals surface area contributed by atoms with E-state index in [1.165, 1.54) is 0 Å². The largest absolute Gasteiger partial charge is 0.460 e. The molecule has 0 N–H and O–H groups in total. The van der Waals surface area contributed by atoms with Gasteiger partial charge in [-0.2, -0.15) is 0 Å². The van der Waals surface area contributed by atoms with E-state index in [9.17, 15) is 4.79 Å². The molecule has 0 aliphatic rings. The Morgan fingerprint density at radius 2 is 2.00 bits per heavy atom. The van der Waals surface area contributed by atoms with E-state index in [4.69, 9.17) is 9.15 Å². The number of ether oxygens (including phenoxy) is 1. The standard InChI is InChI=1S/C17H21NO3/c1-5-12-9-7-8-10-13(12)16-18-14(11(3)4)15(21-16)17(19)20-6-2/h7-11H,5-6H2,1-4H3. The fourth-order valence-corrected chi connectivity index (χ4v) is 2.22. The zero-order valence-electron chi connectivity index (χ0n) is 13.0. The Kier molecular flexibility index (Phi) is 4.78. The Hall–Kier alpha value is -2.10. The van der Waals surface area contributed by atoms with Crippen molar-refractivity contribution in [1.82, 2.24) is 4.98 Å². The summed E-state index contributed by atoms with van der Waals surface area (Å²) in [7, 11) is 0. The molecular weight excluding hydrogens is 266 g/mol. The summed E-state index contributed by atoms with van der Waals surface area (Å²) in [6.07, 6.45) is 0.879. The monoisotopic (exact) mass is 287 g/mol. The number of nitrogens with zero attached hydrogens (tertiary/aromatic N) is 1. The zero-order valence-corrected chi connectivity index (χ0v) is 13.0. The quantitative estimate of drug-likeness (QED) is 0.773. The first-order chi connectivity index (χ1) is 10.1. The van der Waals surface area contributed by atoms with Crippen LogP contribution in [0, 0.1) is 0 Å². The number of rotatable bonds is 5. The van der Waals surface area contributed by atoms with Crippen molar-refractivity contribution in [2.24, 2.45) is 0 Å². The summed E-state index contributed by atoms with van der Waals surface area (Å²) < 4.78 is 10.8. The lowest BCUT2D eigenvalue weighted by Crippen LogP contribution is -2.07. The van der Waals surface area contributed by atoms with Crippen LogP contribution in [0.3, 0.4) is 0 Å². The molecule has 0 fully saturated rings. The van der Waals surface area contributed by atoms with Crippen LogP contribution in [0.25, 0.3) is 11.5 Å². The third-order valence-corrected chi connectivity index (χ3v) is 3.29. The molecule has 1 heterocycles. The Morgan fingerprint density at radius 3 is 2.62 bits per heavy atom. The van der Waals surface area contributed by atoms with Gasteiger partial charge in [-0.25, -0.2) is 9.78 Å². The van der Waals surface area contributed by atoms with Gasteiger partial charge in [-0.05, 0) is 30.9 Å². The van der Waals surface area contributed by atoms with E-state index in [1.54, 1.807) is 6.92 Å². The molecule has 112 valence electrons. The SMILES string of the molecule is CCOC(=O)c1oc(-c2ccccc2CC)nc1C(C)C. The summed E-state index contributed by atoms with van der Waals surface area (Å²) in [5.41, 5.74) is 2.72. The average Bonchev–Trinajstić information content (AvgIpc) is 2.92. The number of hydrogen-bond donors (Lipinski definition) is 0. The summed E-state index contributed by atoms with van der Waals surface area (Å²) in [5.74, 6) is 0.344. The molecule has 4 heteroatoms. The van der Waals surface area contributed by atoms with Crippen LogP contribution < -0.4 is 0 Å². The molecule has 0 spiro atoms. The van der Waals surface area contributed by atoms with Crippen LogP contribution in [0.4, 0.5) is 0 Å². The smallest absolute Gasteiger partial charge is 0.376 e. The van der Waals surface area contributed by atoms with Crippen LogP contribution in [-0.2, 0) is 11.2 Å². The normalized spacial score (nSPS) is 10.9. The summed E-state index contributed by atoms with van der Waals surface area (Å²) in [5, 5.41) is 0. The van der Waals surface area contributed by atoms with Gasteiger partial charge in [-0.3, -0.25) is 0 Å². The van der Waals surface area contributed by atoms with Crippen molar-refractivity contribution < 1.29 is 13.9 Å². The van der Waals surface area contributed by atoms with Crippen molar-refractivity contribution in [2.75, 3.05) is 6.61 Å². The van der Waals surface area contributed by atoms with Crippen molar-refractivity contribution in [3.63, 3.8) is 0 Å². The van der Waals surface area contributed by atoms with Crippen LogP contribution in [0.5, 0.6) is 0 Å². The molecule has 0 bridgehead atoms. The average molecular weight is 287 g/mol. The number of aryl methyl sites for hydroxylation is 1. The lowest BCUT2D eigenvalue weighted by molar-refractivity contribution is 0.0488. The van der Waals surface area contributed by atoms with E-state index in [0.29, 0.717) is 18.2 Å². The minimum atomic E-state index is -0.450. The molecule has 0 radical (unpaired) electrons. The first kappa shape index (κ1) is 15.3. The van der Waals surface area contributed by atoms with E-state index in [1.807, 2.05) is 38.1 Å². The first-order valence-electron chi connectivity index (χ1n) is 7.34. The highest BCUT2D eigenvalue weighted by molar-refractivity contribution is 5.88. The molecule has 21 heavy (non-hydrogen) atoms. The highest BCUT2D eigenvalue weighted by Crippen LogP contribution is 2.29. The molecule has 0 saturated carbocycles. The molecule has 0 unspecified atom stereocenters. The topological polar surface area (TPSA) is 52.3 Å². The summed E-state index contributed by atoms with van der Waals surface area (Å²) in [4.78, 5) is 16.5. The van der Waals surface area contributed by atoms with Gasteiger partial charge < -0.3 is 9.15 Å². The van der Waals surface area contributed by atoms with E-state index < -0.39 is 5.97 Å². The van der Waals surface area contributed by atoms with Gasteiger partial charge in [-0.15, -0.1) is 0 Å². The van der Waals surface area contributed by atoms with Crippen molar-refractivity contribution in [3.8, 4) is 11.5 Å². The van der Waals surface area contributed by atoms with Crippen molar-refractivity contribution in [3.05, 3.63) is 41.3 Å². The molecule has 0 aliphatic carbocycles. The van der Waals surface area contributed by atoms with E-state index in [2.05, 4.69) is 11.9 Å². The second kappa shape index (κ2) is 6.57. The Bertz CT molecular complexity index is 629. The Balaban J connectivity index is 2.51. The molecule has 0 aliphatic heterocycles. The van der Waals surface area contributed by atoms with Crippen molar-refractivity contribution in [2.45, 2.75) is 40.0 Å². The fourth-order valence-electron chi connectivity index (χ4n) is 2.22. The van der Waals surface area contributed by atoms with Gasteiger partial charge in [0.1, 0.15) is 0 Å². The number of hydrogen-bond acceptors (Lipinski definition) is 4. The molecule has 4 nitrogen and oxygen atoms in total. The summed E-state index contributed by atoms with van der Waals surface area (Å²) in [6.45, 7) is 8.14. The van der Waals surface area contributed by atoms with Crippen LogP contribution in [0.15, 0.2) is 28.7 Å². The third-order valence-electron chi connectivity index (χ3n) is 3.29. The van der Waals surface area contributed by atoms with Gasteiger partial charge in [0.25, 0.3) is 0 Å². The number of benzene rings is 1. The van der Waals surface area contributed by atoms with Crippen LogP contribution in [-0.4, -0.2) is 17.6 Å². The maximum atomic E-state index is 12.0. The van der Waals surface area contributed by atoms with E-state index >= 15 is 0 Å². The van der Waals surface area contributed by atoms with Gasteiger partial charge in [0, 0.05) is 5.56 Å². The molecule has 1 aromatic heterocycles. The molecule has 0 amide bonds. The van der Waals surface area contributed by atoms with Crippen molar-refractivity contribution >= 4 is 5.97 Å². The fraction of sp³-hybridized carbons (Fsp3) is 0.412. The highest BCUT2D eigenvalue weighted by atomic mass is 16.5. The maximum Gasteiger partial charge on any atom is 0.376 e. The summed E-state index contributed by atoms with van der Waals surface area (Å²) >= 11 is 0. The van der Waals surface area contributed by atoms with Gasteiger partial charge in [0.15, 0.2) is 0 Å². The first-order valence-corrected chi connectivity index (χ1v) is 7.34. The van der Waals surface area contributed by atoms with Gasteiger partial charge in [-0.1, -0.05) is 39.0 Å². The van der Waals surface area contributed by atoms with Gasteiger partial charge in [0.2, 0.25) is 11.7 Å². The van der Waals surface area contributed by atoms with Crippen LogP contribution in [0.1, 0.15) is 55.4 Å². The highest BCUT2D eigenvalue weighted by Gasteiger charge is 2.24. The second-order valence-corrected chi connectivity index (χ2v) is 5.12. The number of carbonyl (C=O) groups is 1. The predicted molar refractivity (Wildman–Crippen MR) is 81.4 cm³/mol. The zero-order chi connectivity index (χ0) is 15.4. The summed E-state index contributed by atoms with van der Waals surface area (Å²) in [6, 6.07) is 7.93. The lowest BCUT2D eigenvalue weighted by Gasteiger charge is -2.02. The van der Waals surface area contributed by atoms with E-state index in [-0.39, 0.29) is 11.7 Å². The number of aromatic nitrogens is 1. The molecule has 2 aromatic rings. The minimum Gasteiger partial charge on any atom is -0.460 e.